The number of carbonyl (C=O) groups excluding carboxylic acids is 3. The summed E-state index contributed by atoms with van der Waals surface area (Å²) in [7, 11) is 4.76. The molecular formula is C40H51F2N3O8. The van der Waals surface area contributed by atoms with Gasteiger partial charge in [0.1, 0.15) is 28.7 Å². The van der Waals surface area contributed by atoms with E-state index in [1.54, 1.807) is 38.1 Å². The van der Waals surface area contributed by atoms with Crippen molar-refractivity contribution in [3.8, 4) is 11.5 Å². The number of aliphatic carboxylic acids is 1. The maximum Gasteiger partial charge on any atom is 0.347 e. The molecule has 1 heterocycles. The lowest BCUT2D eigenvalue weighted by Gasteiger charge is -2.31. The molecule has 1 aliphatic heterocycles. The average molecular weight is 740 g/mol. The fourth-order valence-corrected chi connectivity index (χ4v) is 5.88. The number of hydroxylamine groups is 2. The van der Waals surface area contributed by atoms with Gasteiger partial charge in [0.2, 0.25) is 5.91 Å². The predicted molar refractivity (Wildman–Crippen MR) is 195 cm³/mol. The largest absolute Gasteiger partial charge is 0.497 e. The lowest BCUT2D eigenvalue weighted by molar-refractivity contribution is -0.168. The van der Waals surface area contributed by atoms with Crippen LogP contribution in [0.15, 0.2) is 66.7 Å². The summed E-state index contributed by atoms with van der Waals surface area (Å²) in [6.45, 7) is 6.79. The summed E-state index contributed by atoms with van der Waals surface area (Å²) in [6.07, 6.45) is 4.51. The second-order valence-corrected chi connectivity index (χ2v) is 13.6. The number of urea groups is 1. The summed E-state index contributed by atoms with van der Waals surface area (Å²) in [5, 5.41) is 10.5. The van der Waals surface area contributed by atoms with Crippen molar-refractivity contribution in [1.29, 1.82) is 0 Å². The number of amides is 4. The summed E-state index contributed by atoms with van der Waals surface area (Å²) >= 11 is 0. The summed E-state index contributed by atoms with van der Waals surface area (Å²) in [4.78, 5) is 56.6. The van der Waals surface area contributed by atoms with Crippen LogP contribution in [0.25, 0.3) is 0 Å². The first-order chi connectivity index (χ1) is 25.0. The van der Waals surface area contributed by atoms with Crippen molar-refractivity contribution in [2.75, 3.05) is 27.8 Å². The van der Waals surface area contributed by atoms with E-state index in [1.807, 2.05) is 43.3 Å². The minimum Gasteiger partial charge on any atom is -0.497 e. The monoisotopic (exact) mass is 739 g/mol. The van der Waals surface area contributed by atoms with E-state index < -0.39 is 34.8 Å². The molecule has 13 heteroatoms. The SMILES string of the molecule is CCCN1C(=O)N(Cc2cc(F)cc(F)c2)C(=O)C1(C)CCCc1ccc(OC(C)(C)C(=O)O)cc1.COc1ccc(CCCC(=O)N(C)OC)cc1. The van der Waals surface area contributed by atoms with Gasteiger partial charge in [-0.3, -0.25) is 19.3 Å². The molecular weight excluding hydrogens is 688 g/mol. The number of ether oxygens (including phenoxy) is 2. The van der Waals surface area contributed by atoms with Gasteiger partial charge in [-0.2, -0.15) is 0 Å². The molecule has 0 spiro atoms. The Hall–Kier alpha value is -5.04. The standard InChI is InChI=1S/C27H32F2N2O5.C13H19NO3/c1-5-13-31-25(35)30(17-19-14-20(28)16-21(29)15-19)23(32)27(31,4)12-6-7-18-8-10-22(11-9-18)36-26(2,3)24(33)34;1-14(17-3)13(15)6-4-5-11-7-9-12(16-2)10-8-11/h8-11,14-16H,5-7,12-13,17H2,1-4H3,(H,33,34);7-10H,4-6H2,1-3H3. The third-order valence-corrected chi connectivity index (χ3v) is 9.05. The first-order valence-electron chi connectivity index (χ1n) is 17.6. The van der Waals surface area contributed by atoms with E-state index in [0.29, 0.717) is 44.4 Å². The summed E-state index contributed by atoms with van der Waals surface area (Å²) in [5.74, 6) is -1.69. The number of carboxylic acid groups (broad SMARTS) is 1. The molecule has 1 unspecified atom stereocenters. The van der Waals surface area contributed by atoms with Crippen LogP contribution in [0.4, 0.5) is 13.6 Å². The third kappa shape index (κ3) is 11.7. The van der Waals surface area contributed by atoms with Crippen LogP contribution in [0.1, 0.15) is 76.5 Å². The maximum atomic E-state index is 13.6. The number of carboxylic acids is 1. The average Bonchev–Trinajstić information content (AvgIpc) is 3.28. The van der Waals surface area contributed by atoms with Crippen molar-refractivity contribution >= 4 is 23.8 Å². The van der Waals surface area contributed by atoms with Crippen LogP contribution >= 0.6 is 0 Å². The Balaban J connectivity index is 0.000000372. The van der Waals surface area contributed by atoms with Crippen LogP contribution in [0.3, 0.4) is 0 Å². The lowest BCUT2D eigenvalue weighted by atomic mass is 9.91. The zero-order valence-corrected chi connectivity index (χ0v) is 31.6. The van der Waals surface area contributed by atoms with Crippen molar-refractivity contribution in [3.05, 3.63) is 95.1 Å². The van der Waals surface area contributed by atoms with E-state index in [1.165, 1.54) is 31.6 Å². The van der Waals surface area contributed by atoms with Gasteiger partial charge in [0.15, 0.2) is 5.60 Å². The maximum absolute atomic E-state index is 13.6. The Labute approximate surface area is 310 Å². The minimum absolute atomic E-state index is 0.000937. The van der Waals surface area contributed by atoms with E-state index in [4.69, 9.17) is 14.3 Å². The summed E-state index contributed by atoms with van der Waals surface area (Å²) in [5.41, 5.74) is -0.0165. The van der Waals surface area contributed by atoms with Gasteiger partial charge >= 0.3 is 12.0 Å². The number of hydrogen-bond acceptors (Lipinski definition) is 7. The number of aryl methyl sites for hydroxylation is 2. The van der Waals surface area contributed by atoms with E-state index in [9.17, 15) is 33.1 Å². The fraction of sp³-hybridized carbons (Fsp3) is 0.450. The number of benzene rings is 3. The van der Waals surface area contributed by atoms with Crippen molar-refractivity contribution in [2.24, 2.45) is 0 Å². The molecule has 1 N–H and O–H groups in total. The first kappa shape index (κ1) is 42.4. The number of methoxy groups -OCH3 is 1. The molecule has 1 aliphatic rings. The van der Waals surface area contributed by atoms with Gasteiger partial charge in [-0.15, -0.1) is 0 Å². The number of halogens is 2. The molecule has 288 valence electrons. The molecule has 3 aromatic rings. The first-order valence-corrected chi connectivity index (χ1v) is 17.6. The molecule has 53 heavy (non-hydrogen) atoms. The van der Waals surface area contributed by atoms with Crippen molar-refractivity contribution in [2.45, 2.75) is 90.3 Å². The number of carbonyl (C=O) groups is 4. The van der Waals surface area contributed by atoms with Gasteiger partial charge in [-0.1, -0.05) is 31.2 Å². The van der Waals surface area contributed by atoms with Crippen molar-refractivity contribution < 1.29 is 47.4 Å². The normalized spacial score (nSPS) is 15.6. The Bertz CT molecular complexity index is 1680. The molecule has 0 aromatic heterocycles. The molecule has 0 radical (unpaired) electrons. The van der Waals surface area contributed by atoms with Crippen LogP contribution < -0.4 is 9.47 Å². The zero-order valence-electron chi connectivity index (χ0n) is 31.6. The highest BCUT2D eigenvalue weighted by atomic mass is 19.1. The van der Waals surface area contributed by atoms with Crippen LogP contribution in [-0.4, -0.2) is 82.7 Å². The second-order valence-electron chi connectivity index (χ2n) is 13.6. The Morgan fingerprint density at radius 2 is 1.42 bits per heavy atom. The van der Waals surface area contributed by atoms with Crippen LogP contribution in [-0.2, 0) is 38.6 Å². The third-order valence-electron chi connectivity index (χ3n) is 9.05. The Morgan fingerprint density at radius 1 is 0.868 bits per heavy atom. The second kappa shape index (κ2) is 19.2. The van der Waals surface area contributed by atoms with E-state index >= 15 is 0 Å². The van der Waals surface area contributed by atoms with Gasteiger partial charge in [-0.25, -0.2) is 23.4 Å². The minimum atomic E-state index is -1.35. The van der Waals surface area contributed by atoms with E-state index in [-0.39, 0.29) is 23.9 Å². The highest BCUT2D eigenvalue weighted by Gasteiger charge is 2.53. The van der Waals surface area contributed by atoms with Crippen LogP contribution in [0, 0.1) is 11.6 Å². The molecule has 1 atom stereocenters. The van der Waals surface area contributed by atoms with Crippen molar-refractivity contribution in [3.63, 3.8) is 0 Å². The number of nitrogens with zero attached hydrogens (tertiary/aromatic N) is 3. The molecule has 4 amide bonds. The van der Waals surface area contributed by atoms with Gasteiger partial charge < -0.3 is 19.5 Å². The van der Waals surface area contributed by atoms with Gasteiger partial charge in [-0.05, 0) is 112 Å². The Kier molecular flexibility index (Phi) is 15.3. The van der Waals surface area contributed by atoms with E-state index in [0.717, 1.165) is 47.3 Å². The lowest BCUT2D eigenvalue weighted by Crippen LogP contribution is -2.47. The quantitative estimate of drug-likeness (QED) is 0.114. The molecule has 0 saturated carbocycles. The van der Waals surface area contributed by atoms with Crippen LogP contribution in [0.5, 0.6) is 11.5 Å². The molecule has 11 nitrogen and oxygen atoms in total. The fourth-order valence-electron chi connectivity index (χ4n) is 5.88. The summed E-state index contributed by atoms with van der Waals surface area (Å²) in [6, 6.07) is 17.5. The van der Waals surface area contributed by atoms with Gasteiger partial charge in [0, 0.05) is 26.1 Å². The molecule has 0 bridgehead atoms. The van der Waals surface area contributed by atoms with E-state index in [2.05, 4.69) is 0 Å². The number of hydrogen-bond donors (Lipinski definition) is 1. The summed E-state index contributed by atoms with van der Waals surface area (Å²) < 4.78 is 37.9. The highest BCUT2D eigenvalue weighted by Crippen LogP contribution is 2.34. The molecule has 4 rings (SSSR count). The number of rotatable bonds is 17. The Morgan fingerprint density at radius 3 is 1.92 bits per heavy atom. The molecule has 1 saturated heterocycles. The molecule has 0 aliphatic carbocycles. The molecule has 3 aromatic carbocycles. The smallest absolute Gasteiger partial charge is 0.347 e. The molecule has 1 fully saturated rings. The van der Waals surface area contributed by atoms with Gasteiger partial charge in [0.25, 0.3) is 5.91 Å². The van der Waals surface area contributed by atoms with Crippen molar-refractivity contribution in [1.82, 2.24) is 14.9 Å². The topological polar surface area (TPSA) is 126 Å². The van der Waals surface area contributed by atoms with Gasteiger partial charge in [0.05, 0.1) is 20.8 Å². The van der Waals surface area contributed by atoms with Crippen LogP contribution in [0.2, 0.25) is 0 Å². The zero-order chi connectivity index (χ0) is 39.3. The highest BCUT2D eigenvalue weighted by molar-refractivity contribution is 6.06. The number of imide groups is 1. The predicted octanol–water partition coefficient (Wildman–Crippen LogP) is 7.20.